The molecule has 0 saturated heterocycles. The van der Waals surface area contributed by atoms with Crippen LogP contribution >= 0.6 is 0 Å². The minimum atomic E-state index is -0.0863. The topological polar surface area (TPSA) is 56.1 Å². The van der Waals surface area contributed by atoms with Gasteiger partial charge in [0.2, 0.25) is 0 Å². The fraction of sp³-hybridized carbons (Fsp3) is 0.667. The summed E-state index contributed by atoms with van der Waals surface area (Å²) in [5, 5.41) is 3.15. The monoisotopic (exact) mass is 239 g/mol. The van der Waals surface area contributed by atoms with Crippen molar-refractivity contribution in [2.75, 3.05) is 19.0 Å². The Hall–Kier alpha value is -1.36. The van der Waals surface area contributed by atoms with Crippen LogP contribution in [0.25, 0.3) is 0 Å². The van der Waals surface area contributed by atoms with Gasteiger partial charge in [-0.05, 0) is 12.8 Å². The number of nitrogens with one attached hydrogen (secondary N) is 1. The second-order valence-electron chi connectivity index (χ2n) is 4.32. The van der Waals surface area contributed by atoms with Gasteiger partial charge in [0.15, 0.2) is 5.82 Å². The Morgan fingerprint density at radius 2 is 2.24 bits per heavy atom. The summed E-state index contributed by atoms with van der Waals surface area (Å²) in [5.74, 6) is 0.761. The summed E-state index contributed by atoms with van der Waals surface area (Å²) in [6, 6.07) is 0.0907. The molecule has 0 amide bonds. The molecule has 0 aliphatic rings. The molecule has 1 unspecified atom stereocenters. The van der Waals surface area contributed by atoms with Gasteiger partial charge in [0.25, 0.3) is 5.56 Å². The number of methoxy groups -OCH3 is 1. The average Bonchev–Trinajstić information content (AvgIpc) is 2.30. The molecule has 1 aromatic heterocycles. The van der Waals surface area contributed by atoms with Crippen molar-refractivity contribution in [1.29, 1.82) is 0 Å². The number of rotatable bonds is 6. The van der Waals surface area contributed by atoms with Crippen LogP contribution in [0.1, 0.15) is 20.8 Å². The Labute approximate surface area is 102 Å². The van der Waals surface area contributed by atoms with E-state index in [-0.39, 0.29) is 11.6 Å². The third kappa shape index (κ3) is 3.56. The van der Waals surface area contributed by atoms with Crippen molar-refractivity contribution in [3.05, 3.63) is 22.7 Å². The summed E-state index contributed by atoms with van der Waals surface area (Å²) in [6.45, 7) is 7.29. The molecular weight excluding hydrogens is 218 g/mol. The van der Waals surface area contributed by atoms with Crippen LogP contribution in [0.2, 0.25) is 0 Å². The lowest BCUT2D eigenvalue weighted by atomic mass is 10.1. The molecule has 0 saturated carbocycles. The van der Waals surface area contributed by atoms with Crippen molar-refractivity contribution in [3.63, 3.8) is 0 Å². The van der Waals surface area contributed by atoms with Gasteiger partial charge in [0.1, 0.15) is 0 Å². The quantitative estimate of drug-likeness (QED) is 0.814. The first kappa shape index (κ1) is 13.7. The molecule has 1 aromatic rings. The van der Waals surface area contributed by atoms with E-state index >= 15 is 0 Å². The zero-order chi connectivity index (χ0) is 12.8. The number of nitrogens with zero attached hydrogens (tertiary/aromatic N) is 2. The van der Waals surface area contributed by atoms with E-state index in [1.165, 1.54) is 0 Å². The predicted octanol–water partition coefficient (Wildman–Crippen LogP) is 1.35. The van der Waals surface area contributed by atoms with Crippen LogP contribution in [0.5, 0.6) is 0 Å². The first-order chi connectivity index (χ1) is 8.10. The van der Waals surface area contributed by atoms with E-state index in [0.717, 1.165) is 0 Å². The fourth-order valence-corrected chi connectivity index (χ4v) is 1.55. The Kier molecular flexibility index (Phi) is 5.15. The van der Waals surface area contributed by atoms with Crippen molar-refractivity contribution in [1.82, 2.24) is 9.55 Å². The number of anilines is 1. The van der Waals surface area contributed by atoms with Crippen LogP contribution < -0.4 is 10.9 Å². The van der Waals surface area contributed by atoms with Crippen molar-refractivity contribution < 1.29 is 4.74 Å². The third-order valence-corrected chi connectivity index (χ3v) is 2.73. The standard InChI is InChI=1S/C12H21N3O2/c1-5-15-7-6-13-11(12(15)16)14-10(8-17-4)9(2)3/h6-7,9-10H,5,8H2,1-4H3,(H,13,14). The summed E-state index contributed by atoms with van der Waals surface area (Å²) in [6.07, 6.45) is 3.33. The largest absolute Gasteiger partial charge is 0.383 e. The second-order valence-corrected chi connectivity index (χ2v) is 4.32. The maximum atomic E-state index is 12.0. The van der Waals surface area contributed by atoms with Crippen molar-refractivity contribution in [3.8, 4) is 0 Å². The molecule has 0 radical (unpaired) electrons. The highest BCUT2D eigenvalue weighted by molar-refractivity contribution is 5.32. The van der Waals surface area contributed by atoms with E-state index in [0.29, 0.717) is 24.9 Å². The van der Waals surface area contributed by atoms with Gasteiger partial charge in [-0.1, -0.05) is 13.8 Å². The molecule has 1 N–H and O–H groups in total. The molecule has 0 spiro atoms. The van der Waals surface area contributed by atoms with E-state index in [4.69, 9.17) is 4.74 Å². The molecule has 1 heterocycles. The Balaban J connectivity index is 2.89. The molecule has 1 atom stereocenters. The lowest BCUT2D eigenvalue weighted by Crippen LogP contribution is -2.35. The van der Waals surface area contributed by atoms with Crippen LogP contribution in [0.4, 0.5) is 5.82 Å². The molecule has 0 aliphatic heterocycles. The van der Waals surface area contributed by atoms with Gasteiger partial charge in [-0.25, -0.2) is 4.98 Å². The Morgan fingerprint density at radius 1 is 1.53 bits per heavy atom. The third-order valence-electron chi connectivity index (χ3n) is 2.73. The summed E-state index contributed by atoms with van der Waals surface area (Å²) in [4.78, 5) is 16.1. The predicted molar refractivity (Wildman–Crippen MR) is 68.3 cm³/mol. The van der Waals surface area contributed by atoms with E-state index < -0.39 is 0 Å². The van der Waals surface area contributed by atoms with E-state index in [1.54, 1.807) is 24.1 Å². The molecule has 0 aliphatic carbocycles. The Morgan fingerprint density at radius 3 is 2.76 bits per heavy atom. The molecule has 17 heavy (non-hydrogen) atoms. The zero-order valence-corrected chi connectivity index (χ0v) is 10.9. The SMILES string of the molecule is CCn1ccnc(NC(COC)C(C)C)c1=O. The fourth-order valence-electron chi connectivity index (χ4n) is 1.55. The first-order valence-corrected chi connectivity index (χ1v) is 5.91. The minimum Gasteiger partial charge on any atom is -0.383 e. The van der Waals surface area contributed by atoms with E-state index in [9.17, 15) is 4.79 Å². The van der Waals surface area contributed by atoms with Crippen LogP contribution in [0.15, 0.2) is 17.2 Å². The van der Waals surface area contributed by atoms with Crippen molar-refractivity contribution >= 4 is 5.82 Å². The van der Waals surface area contributed by atoms with E-state index in [2.05, 4.69) is 24.1 Å². The van der Waals surface area contributed by atoms with Crippen LogP contribution in [-0.2, 0) is 11.3 Å². The summed E-state index contributed by atoms with van der Waals surface area (Å²) in [5.41, 5.74) is -0.0863. The van der Waals surface area contributed by atoms with Crippen molar-refractivity contribution in [2.24, 2.45) is 5.92 Å². The average molecular weight is 239 g/mol. The molecule has 96 valence electrons. The summed E-state index contributed by atoms with van der Waals surface area (Å²) >= 11 is 0. The van der Waals surface area contributed by atoms with E-state index in [1.807, 2.05) is 6.92 Å². The normalized spacial score (nSPS) is 12.8. The van der Waals surface area contributed by atoms with Crippen LogP contribution in [0.3, 0.4) is 0 Å². The molecular formula is C12H21N3O2. The Bertz CT molecular complexity index is 401. The van der Waals surface area contributed by atoms with Gasteiger partial charge < -0.3 is 14.6 Å². The van der Waals surface area contributed by atoms with Gasteiger partial charge in [0, 0.05) is 26.0 Å². The van der Waals surface area contributed by atoms with Gasteiger partial charge in [-0.2, -0.15) is 0 Å². The number of ether oxygens (including phenoxy) is 1. The molecule has 0 fully saturated rings. The molecule has 0 aromatic carbocycles. The number of hydrogen-bond acceptors (Lipinski definition) is 4. The molecule has 1 rings (SSSR count). The first-order valence-electron chi connectivity index (χ1n) is 5.91. The lowest BCUT2D eigenvalue weighted by molar-refractivity contribution is 0.171. The lowest BCUT2D eigenvalue weighted by Gasteiger charge is -2.21. The zero-order valence-electron chi connectivity index (χ0n) is 10.9. The van der Waals surface area contributed by atoms with Crippen molar-refractivity contribution in [2.45, 2.75) is 33.4 Å². The summed E-state index contributed by atoms with van der Waals surface area (Å²) < 4.78 is 6.76. The second kappa shape index (κ2) is 6.39. The highest BCUT2D eigenvalue weighted by Crippen LogP contribution is 2.07. The molecule has 5 nitrogen and oxygen atoms in total. The van der Waals surface area contributed by atoms with Gasteiger partial charge in [-0.3, -0.25) is 4.79 Å². The van der Waals surface area contributed by atoms with Gasteiger partial charge in [0.05, 0.1) is 12.6 Å². The molecule has 5 heteroatoms. The van der Waals surface area contributed by atoms with Gasteiger partial charge in [-0.15, -0.1) is 0 Å². The maximum absolute atomic E-state index is 12.0. The highest BCUT2D eigenvalue weighted by atomic mass is 16.5. The smallest absolute Gasteiger partial charge is 0.293 e. The number of aryl methyl sites for hydroxylation is 1. The highest BCUT2D eigenvalue weighted by Gasteiger charge is 2.15. The van der Waals surface area contributed by atoms with Crippen LogP contribution in [-0.4, -0.2) is 29.3 Å². The van der Waals surface area contributed by atoms with Gasteiger partial charge >= 0.3 is 0 Å². The summed E-state index contributed by atoms with van der Waals surface area (Å²) in [7, 11) is 1.65. The number of aromatic nitrogens is 2. The maximum Gasteiger partial charge on any atom is 0.293 e. The number of hydrogen-bond donors (Lipinski definition) is 1. The minimum absolute atomic E-state index is 0.0863. The molecule has 0 bridgehead atoms. The van der Waals surface area contributed by atoms with Crippen LogP contribution in [0, 0.1) is 5.92 Å².